The van der Waals surface area contributed by atoms with Gasteiger partial charge in [0.05, 0.1) is 11.2 Å². The molecule has 0 aliphatic carbocycles. The molecule has 8 nitrogen and oxygen atoms in total. The molecule has 3 aromatic rings. The summed E-state index contributed by atoms with van der Waals surface area (Å²) in [6.45, 7) is 2.77. The zero-order chi connectivity index (χ0) is 22.0. The number of aliphatic carboxylic acids is 2. The molecule has 2 aromatic heterocycles. The fraction of sp³-hybridized carbons (Fsp3) is 0.318. The highest BCUT2D eigenvalue weighted by Gasteiger charge is 2.33. The van der Waals surface area contributed by atoms with Gasteiger partial charge in [-0.25, -0.2) is 4.39 Å². The third-order valence-corrected chi connectivity index (χ3v) is 5.59. The summed E-state index contributed by atoms with van der Waals surface area (Å²) in [6.07, 6.45) is 3.28. The van der Waals surface area contributed by atoms with E-state index in [1.807, 2.05) is 23.1 Å². The Morgan fingerprint density at radius 1 is 1.10 bits per heavy atom. The van der Waals surface area contributed by atoms with Crippen molar-refractivity contribution in [2.24, 2.45) is 0 Å². The Hall–Kier alpha value is -3.30. The average Bonchev–Trinajstić information content (AvgIpc) is 3.06. The van der Waals surface area contributed by atoms with E-state index in [1.165, 1.54) is 29.0 Å². The largest absolute Gasteiger partial charge is 0.480 e. The van der Waals surface area contributed by atoms with Crippen LogP contribution in [0.15, 0.2) is 48.8 Å². The topological polar surface area (TPSA) is 98.9 Å². The second-order valence-electron chi connectivity index (χ2n) is 7.64. The maximum Gasteiger partial charge on any atom is 0.325 e. The zero-order valence-corrected chi connectivity index (χ0v) is 16.8. The van der Waals surface area contributed by atoms with Crippen LogP contribution in [-0.2, 0) is 22.7 Å². The number of carbonyl (C=O) groups is 2. The van der Waals surface area contributed by atoms with Crippen molar-refractivity contribution in [2.75, 3.05) is 26.2 Å². The van der Waals surface area contributed by atoms with E-state index in [1.54, 1.807) is 6.20 Å². The number of rotatable bonds is 7. The molecular formula is C22H23FN4O4. The maximum atomic E-state index is 13.8. The molecule has 9 heteroatoms. The minimum Gasteiger partial charge on any atom is -0.480 e. The van der Waals surface area contributed by atoms with Crippen molar-refractivity contribution < 1.29 is 24.2 Å². The van der Waals surface area contributed by atoms with Gasteiger partial charge in [0, 0.05) is 56.1 Å². The number of fused-ring (bicyclic) bond motifs is 1. The average molecular weight is 426 g/mol. The summed E-state index contributed by atoms with van der Waals surface area (Å²) >= 11 is 0. The summed E-state index contributed by atoms with van der Waals surface area (Å²) in [5, 5.41) is 19.8. The maximum absolute atomic E-state index is 13.8. The third kappa shape index (κ3) is 4.57. The van der Waals surface area contributed by atoms with Crippen molar-refractivity contribution in [3.63, 3.8) is 0 Å². The zero-order valence-electron chi connectivity index (χ0n) is 16.8. The van der Waals surface area contributed by atoms with Gasteiger partial charge in [-0.1, -0.05) is 6.07 Å². The van der Waals surface area contributed by atoms with Crippen LogP contribution >= 0.6 is 0 Å². The van der Waals surface area contributed by atoms with Crippen LogP contribution in [0.4, 0.5) is 4.39 Å². The molecular weight excluding hydrogens is 403 g/mol. The Labute approximate surface area is 178 Å². The van der Waals surface area contributed by atoms with E-state index >= 15 is 0 Å². The van der Waals surface area contributed by atoms with Crippen molar-refractivity contribution in [2.45, 2.75) is 19.1 Å². The minimum absolute atomic E-state index is 0.371. The number of aromatic nitrogens is 2. The van der Waals surface area contributed by atoms with Crippen molar-refractivity contribution in [3.05, 3.63) is 65.9 Å². The molecule has 4 rings (SSSR count). The van der Waals surface area contributed by atoms with Crippen LogP contribution in [0.3, 0.4) is 0 Å². The standard InChI is InChI=1S/C22H23FN4O4/c23-15-4-5-17-18(13-27(14-20(28)29)19(17)11-15)21(22(30)31)26-9-7-25(8-10-26)12-16-3-1-2-6-24-16/h1-6,11,13,21H,7-10,12,14H2,(H,28,29)(H,30,31). The molecule has 0 bridgehead atoms. The van der Waals surface area contributed by atoms with Gasteiger partial charge in [-0.15, -0.1) is 0 Å². The van der Waals surface area contributed by atoms with Crippen molar-refractivity contribution >= 4 is 22.8 Å². The third-order valence-electron chi connectivity index (χ3n) is 5.59. The lowest BCUT2D eigenvalue weighted by atomic mass is 10.0. The first-order chi connectivity index (χ1) is 14.9. The van der Waals surface area contributed by atoms with E-state index in [2.05, 4.69) is 9.88 Å². The number of nitrogens with zero attached hydrogens (tertiary/aromatic N) is 4. The lowest BCUT2D eigenvalue weighted by molar-refractivity contribution is -0.144. The number of pyridine rings is 1. The molecule has 1 fully saturated rings. The van der Waals surface area contributed by atoms with Gasteiger partial charge < -0.3 is 14.8 Å². The van der Waals surface area contributed by atoms with Gasteiger partial charge in [0.2, 0.25) is 0 Å². The molecule has 1 atom stereocenters. The molecule has 0 spiro atoms. The highest BCUT2D eigenvalue weighted by molar-refractivity contribution is 5.90. The lowest BCUT2D eigenvalue weighted by Gasteiger charge is -2.37. The van der Waals surface area contributed by atoms with Gasteiger partial charge in [0.15, 0.2) is 0 Å². The van der Waals surface area contributed by atoms with E-state index in [9.17, 15) is 24.2 Å². The molecule has 1 aliphatic heterocycles. The number of hydrogen-bond donors (Lipinski definition) is 2. The van der Waals surface area contributed by atoms with Crippen LogP contribution in [0, 0.1) is 5.82 Å². The van der Waals surface area contributed by atoms with E-state index in [-0.39, 0.29) is 6.54 Å². The molecule has 1 saturated heterocycles. The van der Waals surface area contributed by atoms with Crippen molar-refractivity contribution in [1.29, 1.82) is 0 Å². The van der Waals surface area contributed by atoms with E-state index in [0.29, 0.717) is 49.2 Å². The van der Waals surface area contributed by atoms with Crippen LogP contribution in [0.5, 0.6) is 0 Å². The van der Waals surface area contributed by atoms with Gasteiger partial charge in [-0.05, 0) is 30.3 Å². The Bertz CT molecular complexity index is 1090. The van der Waals surface area contributed by atoms with Gasteiger partial charge in [-0.3, -0.25) is 24.4 Å². The van der Waals surface area contributed by atoms with Gasteiger partial charge in [-0.2, -0.15) is 0 Å². The summed E-state index contributed by atoms with van der Waals surface area (Å²) in [6, 6.07) is 8.85. The molecule has 2 N–H and O–H groups in total. The molecule has 1 aliphatic rings. The molecule has 1 unspecified atom stereocenters. The fourth-order valence-electron chi connectivity index (χ4n) is 4.17. The summed E-state index contributed by atoms with van der Waals surface area (Å²) in [5.41, 5.74) is 1.81. The second-order valence-corrected chi connectivity index (χ2v) is 7.64. The fourth-order valence-corrected chi connectivity index (χ4v) is 4.17. The monoisotopic (exact) mass is 426 g/mol. The first-order valence-corrected chi connectivity index (χ1v) is 10.0. The van der Waals surface area contributed by atoms with Gasteiger partial charge in [0.1, 0.15) is 18.4 Å². The molecule has 0 radical (unpaired) electrons. The van der Waals surface area contributed by atoms with Crippen LogP contribution < -0.4 is 0 Å². The van der Waals surface area contributed by atoms with Gasteiger partial charge in [0.25, 0.3) is 0 Å². The molecule has 31 heavy (non-hydrogen) atoms. The van der Waals surface area contributed by atoms with Crippen LogP contribution in [0.25, 0.3) is 10.9 Å². The normalized spacial score (nSPS) is 16.4. The Kier molecular flexibility index (Phi) is 5.97. The summed E-state index contributed by atoms with van der Waals surface area (Å²) in [4.78, 5) is 31.9. The predicted molar refractivity (Wildman–Crippen MR) is 111 cm³/mol. The van der Waals surface area contributed by atoms with Crippen LogP contribution in [0.2, 0.25) is 0 Å². The predicted octanol–water partition coefficient (Wildman–Crippen LogP) is 2.20. The minimum atomic E-state index is -1.08. The molecule has 0 saturated carbocycles. The highest BCUT2D eigenvalue weighted by Crippen LogP contribution is 2.32. The quantitative estimate of drug-likeness (QED) is 0.598. The van der Waals surface area contributed by atoms with E-state index in [0.717, 1.165) is 5.69 Å². The van der Waals surface area contributed by atoms with Crippen molar-refractivity contribution in [1.82, 2.24) is 19.4 Å². The van der Waals surface area contributed by atoms with E-state index < -0.39 is 23.8 Å². The Morgan fingerprint density at radius 3 is 2.52 bits per heavy atom. The lowest BCUT2D eigenvalue weighted by Crippen LogP contribution is -2.48. The molecule has 3 heterocycles. The first-order valence-electron chi connectivity index (χ1n) is 10.0. The second kappa shape index (κ2) is 8.83. The number of halogens is 1. The SMILES string of the molecule is O=C(O)Cn1cc(C(C(=O)O)N2CCN(Cc3ccccn3)CC2)c2ccc(F)cc21. The van der Waals surface area contributed by atoms with Crippen LogP contribution in [0.1, 0.15) is 17.3 Å². The van der Waals surface area contributed by atoms with Gasteiger partial charge >= 0.3 is 11.9 Å². The Morgan fingerprint density at radius 2 is 1.87 bits per heavy atom. The smallest absolute Gasteiger partial charge is 0.325 e. The summed E-state index contributed by atoms with van der Waals surface area (Å²) in [5.74, 6) is -2.60. The molecule has 1 aromatic carbocycles. The number of hydrogen-bond acceptors (Lipinski definition) is 5. The first kappa shape index (κ1) is 21.0. The van der Waals surface area contributed by atoms with Crippen molar-refractivity contribution in [3.8, 4) is 0 Å². The number of piperazine rings is 1. The number of carboxylic acid groups (broad SMARTS) is 2. The highest BCUT2D eigenvalue weighted by atomic mass is 19.1. The Balaban J connectivity index is 1.58. The van der Waals surface area contributed by atoms with E-state index in [4.69, 9.17) is 0 Å². The molecule has 162 valence electrons. The summed E-state index contributed by atoms with van der Waals surface area (Å²) < 4.78 is 15.2. The van der Waals surface area contributed by atoms with Crippen LogP contribution in [-0.4, -0.2) is 67.7 Å². The molecule has 0 amide bonds. The summed E-state index contributed by atoms with van der Waals surface area (Å²) in [7, 11) is 0. The number of benzene rings is 1. The number of carboxylic acids is 2.